The molecule has 3 N–H and O–H groups in total. The van der Waals surface area contributed by atoms with E-state index >= 15 is 0 Å². The average molecular weight is 248 g/mol. The van der Waals surface area contributed by atoms with E-state index in [-0.39, 0.29) is 5.91 Å². The van der Waals surface area contributed by atoms with Gasteiger partial charge >= 0.3 is 0 Å². The number of thiazole rings is 1. The van der Waals surface area contributed by atoms with Crippen molar-refractivity contribution in [2.24, 2.45) is 0 Å². The van der Waals surface area contributed by atoms with Crippen LogP contribution in [0.15, 0.2) is 18.5 Å². The van der Waals surface area contributed by atoms with Gasteiger partial charge < -0.3 is 5.73 Å². The van der Waals surface area contributed by atoms with Gasteiger partial charge in [-0.05, 0) is 19.9 Å². The van der Waals surface area contributed by atoms with Gasteiger partial charge in [0, 0.05) is 11.1 Å². The molecule has 2 heterocycles. The highest BCUT2D eigenvalue weighted by atomic mass is 32.1. The van der Waals surface area contributed by atoms with Crippen LogP contribution in [0, 0.1) is 13.8 Å². The molecule has 2 aromatic rings. The molecule has 17 heavy (non-hydrogen) atoms. The predicted molar refractivity (Wildman–Crippen MR) is 68.2 cm³/mol. The van der Waals surface area contributed by atoms with Crippen LogP contribution in [0.4, 0.5) is 10.8 Å². The van der Waals surface area contributed by atoms with Gasteiger partial charge in [0.15, 0.2) is 5.13 Å². The summed E-state index contributed by atoms with van der Waals surface area (Å²) in [6.07, 6.45) is 3.24. The number of rotatable bonds is 2. The number of aromatic nitrogens is 2. The number of hydrogen-bond acceptors (Lipinski definition) is 5. The maximum absolute atomic E-state index is 12.0. The highest BCUT2D eigenvalue weighted by Crippen LogP contribution is 2.18. The number of nitrogens with one attached hydrogen (secondary N) is 1. The summed E-state index contributed by atoms with van der Waals surface area (Å²) in [5, 5.41) is 3.30. The number of anilines is 2. The molecule has 0 fully saturated rings. The van der Waals surface area contributed by atoms with E-state index in [4.69, 9.17) is 5.73 Å². The van der Waals surface area contributed by atoms with E-state index in [1.165, 1.54) is 17.5 Å². The van der Waals surface area contributed by atoms with Gasteiger partial charge in [-0.25, -0.2) is 4.98 Å². The van der Waals surface area contributed by atoms with Crippen molar-refractivity contribution in [2.75, 3.05) is 11.1 Å². The number of nitrogens with two attached hydrogens (primary N) is 1. The molecule has 0 aliphatic rings. The Hall–Kier alpha value is -1.95. The van der Waals surface area contributed by atoms with Crippen LogP contribution in [0.1, 0.15) is 20.9 Å². The molecule has 0 aliphatic heterocycles. The Morgan fingerprint density at radius 2 is 2.12 bits per heavy atom. The maximum Gasteiger partial charge on any atom is 0.259 e. The van der Waals surface area contributed by atoms with Crippen LogP contribution in [0.3, 0.4) is 0 Å². The quantitative estimate of drug-likeness (QED) is 0.851. The van der Waals surface area contributed by atoms with Gasteiger partial charge in [-0.15, -0.1) is 11.3 Å². The standard InChI is InChI=1S/C11H12N4OS/c1-6-4-14-11(17-6)15-10(16)9-3-8(12)5-13-7(9)2/h3-5H,12H2,1-2H3,(H,14,15,16). The second-order valence-electron chi connectivity index (χ2n) is 3.63. The normalized spacial score (nSPS) is 10.2. The Morgan fingerprint density at radius 3 is 2.76 bits per heavy atom. The lowest BCUT2D eigenvalue weighted by atomic mass is 10.2. The Balaban J connectivity index is 2.22. The fourth-order valence-corrected chi connectivity index (χ4v) is 2.02. The predicted octanol–water partition coefficient (Wildman–Crippen LogP) is 1.99. The topological polar surface area (TPSA) is 80.9 Å². The molecule has 5 nitrogen and oxygen atoms in total. The summed E-state index contributed by atoms with van der Waals surface area (Å²) in [4.78, 5) is 21.1. The van der Waals surface area contributed by atoms with E-state index in [1.807, 2.05) is 6.92 Å². The number of amides is 1. The van der Waals surface area contributed by atoms with E-state index in [2.05, 4.69) is 15.3 Å². The maximum atomic E-state index is 12.0. The van der Waals surface area contributed by atoms with Crippen molar-refractivity contribution in [3.63, 3.8) is 0 Å². The molecule has 0 saturated carbocycles. The molecule has 1 amide bonds. The molecule has 0 atom stereocenters. The molecule has 0 bridgehead atoms. The van der Waals surface area contributed by atoms with Crippen molar-refractivity contribution in [2.45, 2.75) is 13.8 Å². The van der Waals surface area contributed by atoms with Crippen LogP contribution < -0.4 is 11.1 Å². The minimum Gasteiger partial charge on any atom is -0.397 e. The highest BCUT2D eigenvalue weighted by molar-refractivity contribution is 7.15. The van der Waals surface area contributed by atoms with Gasteiger partial charge in [-0.3, -0.25) is 15.1 Å². The Kier molecular flexibility index (Phi) is 3.06. The first-order valence-corrected chi connectivity index (χ1v) is 5.84. The molecule has 0 unspecified atom stereocenters. The van der Waals surface area contributed by atoms with Gasteiger partial charge in [0.1, 0.15) is 0 Å². The Labute approximate surface area is 103 Å². The van der Waals surface area contributed by atoms with Crippen molar-refractivity contribution in [1.29, 1.82) is 0 Å². The summed E-state index contributed by atoms with van der Waals surface area (Å²) >= 11 is 1.43. The summed E-state index contributed by atoms with van der Waals surface area (Å²) in [6.45, 7) is 3.70. The summed E-state index contributed by atoms with van der Waals surface area (Å²) in [6, 6.07) is 1.61. The van der Waals surface area contributed by atoms with Crippen molar-refractivity contribution in [1.82, 2.24) is 9.97 Å². The van der Waals surface area contributed by atoms with E-state index in [0.717, 1.165) is 4.88 Å². The minimum atomic E-state index is -0.239. The third kappa shape index (κ3) is 2.59. The van der Waals surface area contributed by atoms with Crippen LogP contribution in [0.2, 0.25) is 0 Å². The van der Waals surface area contributed by atoms with Crippen molar-refractivity contribution in [3.05, 3.63) is 34.6 Å². The Bertz CT molecular complexity index is 564. The molecular weight excluding hydrogens is 236 g/mol. The second-order valence-corrected chi connectivity index (χ2v) is 4.87. The number of aryl methyl sites for hydroxylation is 2. The smallest absolute Gasteiger partial charge is 0.259 e. The lowest BCUT2D eigenvalue weighted by molar-refractivity contribution is 0.102. The Morgan fingerprint density at radius 1 is 1.35 bits per heavy atom. The lowest BCUT2D eigenvalue weighted by Crippen LogP contribution is -2.14. The SMILES string of the molecule is Cc1cnc(NC(=O)c2cc(N)cnc2C)s1. The molecule has 0 radical (unpaired) electrons. The summed E-state index contributed by atoms with van der Waals surface area (Å²) < 4.78 is 0. The molecular formula is C11H12N4OS. The number of carbonyl (C=O) groups is 1. The average Bonchev–Trinajstić information content (AvgIpc) is 2.67. The van der Waals surface area contributed by atoms with E-state index in [9.17, 15) is 4.79 Å². The third-order valence-electron chi connectivity index (χ3n) is 2.19. The third-order valence-corrected chi connectivity index (χ3v) is 3.02. The molecule has 6 heteroatoms. The fourth-order valence-electron chi connectivity index (χ4n) is 1.36. The first kappa shape index (κ1) is 11.5. The van der Waals surface area contributed by atoms with Gasteiger partial charge in [-0.1, -0.05) is 0 Å². The zero-order valence-corrected chi connectivity index (χ0v) is 10.3. The lowest BCUT2D eigenvalue weighted by Gasteiger charge is -2.05. The van der Waals surface area contributed by atoms with Crippen LogP contribution in [0.25, 0.3) is 0 Å². The minimum absolute atomic E-state index is 0.239. The number of carbonyl (C=O) groups excluding carboxylic acids is 1. The molecule has 0 aromatic carbocycles. The molecule has 0 spiro atoms. The van der Waals surface area contributed by atoms with Crippen LogP contribution in [0.5, 0.6) is 0 Å². The van der Waals surface area contributed by atoms with E-state index in [1.54, 1.807) is 19.2 Å². The largest absolute Gasteiger partial charge is 0.397 e. The number of pyridine rings is 1. The molecule has 2 rings (SSSR count). The number of nitrogen functional groups attached to an aromatic ring is 1. The van der Waals surface area contributed by atoms with Gasteiger partial charge in [0.05, 0.1) is 23.1 Å². The molecule has 0 saturated heterocycles. The van der Waals surface area contributed by atoms with Crippen LogP contribution >= 0.6 is 11.3 Å². The highest BCUT2D eigenvalue weighted by Gasteiger charge is 2.12. The summed E-state index contributed by atoms with van der Waals surface area (Å²) in [7, 11) is 0. The number of hydrogen-bond donors (Lipinski definition) is 2. The molecule has 88 valence electrons. The van der Waals surface area contributed by atoms with E-state index < -0.39 is 0 Å². The van der Waals surface area contributed by atoms with Gasteiger partial charge in [-0.2, -0.15) is 0 Å². The molecule has 2 aromatic heterocycles. The van der Waals surface area contributed by atoms with Crippen molar-refractivity contribution < 1.29 is 4.79 Å². The van der Waals surface area contributed by atoms with Gasteiger partial charge in [0.25, 0.3) is 5.91 Å². The van der Waals surface area contributed by atoms with Crippen LogP contribution in [-0.2, 0) is 0 Å². The van der Waals surface area contributed by atoms with Crippen molar-refractivity contribution in [3.8, 4) is 0 Å². The van der Waals surface area contributed by atoms with E-state index in [0.29, 0.717) is 22.1 Å². The zero-order chi connectivity index (χ0) is 12.4. The first-order chi connectivity index (χ1) is 8.06. The first-order valence-electron chi connectivity index (χ1n) is 5.02. The molecule has 0 aliphatic carbocycles. The monoisotopic (exact) mass is 248 g/mol. The fraction of sp³-hybridized carbons (Fsp3) is 0.182. The zero-order valence-electron chi connectivity index (χ0n) is 9.52. The second kappa shape index (κ2) is 4.50. The number of nitrogens with zero attached hydrogens (tertiary/aromatic N) is 2. The summed E-state index contributed by atoms with van der Waals surface area (Å²) in [5.41, 5.74) is 7.19. The summed E-state index contributed by atoms with van der Waals surface area (Å²) in [5.74, 6) is -0.239. The van der Waals surface area contributed by atoms with Gasteiger partial charge in [0.2, 0.25) is 0 Å². The van der Waals surface area contributed by atoms with Crippen LogP contribution in [-0.4, -0.2) is 15.9 Å². The van der Waals surface area contributed by atoms with Crippen molar-refractivity contribution >= 4 is 28.1 Å².